The number of sulfonamides is 2. The van der Waals surface area contributed by atoms with Gasteiger partial charge in [-0.3, -0.25) is 9.59 Å². The van der Waals surface area contributed by atoms with Crippen molar-refractivity contribution in [2.45, 2.75) is 101 Å². The van der Waals surface area contributed by atoms with Crippen LogP contribution in [-0.2, 0) is 39.1 Å². The van der Waals surface area contributed by atoms with E-state index in [1.165, 1.54) is 8.61 Å². The summed E-state index contributed by atoms with van der Waals surface area (Å²) in [5.41, 5.74) is 1.85. The molecule has 0 radical (unpaired) electrons. The van der Waals surface area contributed by atoms with E-state index in [1.807, 2.05) is 26.0 Å². The maximum Gasteiger partial charge on any atom is 0.324 e. The zero-order chi connectivity index (χ0) is 35.2. The Bertz CT molecular complexity index is 1480. The van der Waals surface area contributed by atoms with Crippen LogP contribution in [0.2, 0.25) is 0 Å². The first-order chi connectivity index (χ1) is 22.9. The topological polar surface area (TPSA) is 127 Å². The normalized spacial score (nSPS) is 20.0. The summed E-state index contributed by atoms with van der Waals surface area (Å²) < 4.78 is 68.8. The molecule has 0 N–H and O–H groups in total. The number of esters is 2. The van der Waals surface area contributed by atoms with Crippen molar-refractivity contribution < 1.29 is 35.9 Å². The Balaban J connectivity index is 1.92. The van der Waals surface area contributed by atoms with Crippen LogP contribution in [0, 0.1) is 13.8 Å². The number of ether oxygens (including phenoxy) is 2. The largest absolute Gasteiger partial charge is 0.465 e. The van der Waals surface area contributed by atoms with E-state index in [-0.39, 0.29) is 48.9 Å². The summed E-state index contributed by atoms with van der Waals surface area (Å²) in [5.74, 6) is -1.21. The standard InChI is InChI=1S/C36H50N2O8S2/c1-5-45-35(39)33-17-13-9-7-12-16-28-38(48(43,44)32-25-21-30(4)22-26-32)34(36(40)46-6-2)18-14-10-8-11-15-27-37(33)47(41,42)31-23-19-29(3)20-24-31/h9-10,13-14,19-26,33-34H,5-8,11-12,15-18,27-28H2,1-4H3. The van der Waals surface area contributed by atoms with Gasteiger partial charge >= 0.3 is 11.9 Å². The van der Waals surface area contributed by atoms with Crippen LogP contribution in [0.4, 0.5) is 0 Å². The Morgan fingerprint density at radius 3 is 1.29 bits per heavy atom. The second kappa shape index (κ2) is 19.0. The van der Waals surface area contributed by atoms with Crippen molar-refractivity contribution in [1.29, 1.82) is 0 Å². The highest BCUT2D eigenvalue weighted by atomic mass is 32.2. The first-order valence-corrected chi connectivity index (χ1v) is 19.6. The molecular formula is C36H50N2O8S2. The van der Waals surface area contributed by atoms with E-state index in [4.69, 9.17) is 9.47 Å². The summed E-state index contributed by atoms with van der Waals surface area (Å²) in [6, 6.07) is 11.1. The molecule has 2 atom stereocenters. The van der Waals surface area contributed by atoms with E-state index in [2.05, 4.69) is 0 Å². The average molecular weight is 703 g/mol. The lowest BCUT2D eigenvalue weighted by Gasteiger charge is -2.29. The van der Waals surface area contributed by atoms with Gasteiger partial charge in [0.15, 0.2) is 0 Å². The van der Waals surface area contributed by atoms with Crippen molar-refractivity contribution in [3.8, 4) is 0 Å². The minimum absolute atomic E-state index is 0.107. The molecule has 0 aliphatic carbocycles. The van der Waals surface area contributed by atoms with E-state index in [0.29, 0.717) is 38.5 Å². The molecule has 0 spiro atoms. The molecule has 0 fully saturated rings. The van der Waals surface area contributed by atoms with E-state index in [0.717, 1.165) is 11.1 Å². The van der Waals surface area contributed by atoms with E-state index in [9.17, 15) is 26.4 Å². The number of benzene rings is 2. The molecule has 1 aliphatic heterocycles. The van der Waals surface area contributed by atoms with Crippen LogP contribution in [0.15, 0.2) is 82.6 Å². The second-order valence-corrected chi connectivity index (χ2v) is 15.6. The molecule has 2 unspecified atom stereocenters. The third kappa shape index (κ3) is 10.8. The Morgan fingerprint density at radius 1 is 0.604 bits per heavy atom. The number of carbonyl (C=O) groups excluding carboxylic acids is 2. The molecule has 0 amide bonds. The zero-order valence-corrected chi connectivity index (χ0v) is 30.2. The summed E-state index contributed by atoms with van der Waals surface area (Å²) in [6.45, 7) is 7.59. The molecule has 0 bridgehead atoms. The van der Waals surface area contributed by atoms with Crippen LogP contribution < -0.4 is 0 Å². The monoisotopic (exact) mass is 702 g/mol. The SMILES string of the molecule is CCOC(=O)C1CC=CCCCCN(S(=O)(=O)c2ccc(C)cc2)C(C(=O)OCC)CC=CCCCCN1S(=O)(=O)c1ccc(C)cc1. The average Bonchev–Trinajstić information content (AvgIpc) is 3.04. The summed E-state index contributed by atoms with van der Waals surface area (Å²) in [7, 11) is -8.04. The first kappa shape index (κ1) is 39.1. The predicted octanol–water partition coefficient (Wildman–Crippen LogP) is 6.10. The third-order valence-corrected chi connectivity index (χ3v) is 12.0. The van der Waals surface area contributed by atoms with Gasteiger partial charge in [0.25, 0.3) is 0 Å². The van der Waals surface area contributed by atoms with Crippen molar-refractivity contribution in [3.63, 3.8) is 0 Å². The molecule has 2 aromatic carbocycles. The number of hydrogen-bond acceptors (Lipinski definition) is 8. The van der Waals surface area contributed by atoms with Crippen molar-refractivity contribution in [3.05, 3.63) is 84.0 Å². The smallest absolute Gasteiger partial charge is 0.324 e. The van der Waals surface area contributed by atoms with Gasteiger partial charge in [-0.15, -0.1) is 0 Å². The van der Waals surface area contributed by atoms with Crippen LogP contribution in [0.5, 0.6) is 0 Å². The Morgan fingerprint density at radius 2 is 0.958 bits per heavy atom. The molecule has 12 heteroatoms. The Labute approximate surface area is 286 Å². The van der Waals surface area contributed by atoms with Crippen molar-refractivity contribution >= 4 is 32.0 Å². The van der Waals surface area contributed by atoms with Gasteiger partial charge in [-0.2, -0.15) is 8.61 Å². The molecule has 3 rings (SSSR count). The van der Waals surface area contributed by atoms with Crippen molar-refractivity contribution in [2.24, 2.45) is 0 Å². The second-order valence-electron chi connectivity index (χ2n) is 11.8. The van der Waals surface area contributed by atoms with Crippen molar-refractivity contribution in [1.82, 2.24) is 8.61 Å². The number of rotatable bonds is 8. The number of aryl methyl sites for hydroxylation is 2. The Kier molecular flexibility index (Phi) is 15.5. The van der Waals surface area contributed by atoms with Crippen LogP contribution in [0.25, 0.3) is 0 Å². The van der Waals surface area contributed by atoms with E-state index < -0.39 is 44.1 Å². The summed E-state index contributed by atoms with van der Waals surface area (Å²) in [5, 5.41) is 0. The highest BCUT2D eigenvalue weighted by molar-refractivity contribution is 7.89. The maximum absolute atomic E-state index is 13.9. The minimum atomic E-state index is -4.02. The van der Waals surface area contributed by atoms with Gasteiger partial charge in [0.1, 0.15) is 12.1 Å². The highest BCUT2D eigenvalue weighted by Gasteiger charge is 2.37. The van der Waals surface area contributed by atoms with E-state index >= 15 is 0 Å². The van der Waals surface area contributed by atoms with Gasteiger partial charge in [0.05, 0.1) is 23.0 Å². The van der Waals surface area contributed by atoms with Gasteiger partial charge in [-0.05, 0) is 103 Å². The fourth-order valence-electron chi connectivity index (χ4n) is 5.46. The maximum atomic E-state index is 13.9. The van der Waals surface area contributed by atoms with E-state index in [1.54, 1.807) is 74.5 Å². The van der Waals surface area contributed by atoms with Crippen LogP contribution in [0.1, 0.15) is 76.3 Å². The minimum Gasteiger partial charge on any atom is -0.465 e. The van der Waals surface area contributed by atoms with Crippen LogP contribution in [0.3, 0.4) is 0 Å². The molecule has 1 aliphatic rings. The lowest BCUT2D eigenvalue weighted by atomic mass is 10.1. The molecule has 10 nitrogen and oxygen atoms in total. The molecule has 0 saturated heterocycles. The van der Waals surface area contributed by atoms with Crippen LogP contribution >= 0.6 is 0 Å². The number of allylic oxidation sites excluding steroid dienone is 2. The van der Waals surface area contributed by atoms with Gasteiger partial charge < -0.3 is 9.47 Å². The fraction of sp³-hybridized carbons (Fsp3) is 0.500. The first-order valence-electron chi connectivity index (χ1n) is 16.7. The highest BCUT2D eigenvalue weighted by Crippen LogP contribution is 2.25. The molecule has 48 heavy (non-hydrogen) atoms. The number of hydrogen-bond donors (Lipinski definition) is 0. The molecule has 0 aromatic heterocycles. The third-order valence-electron chi connectivity index (χ3n) is 8.12. The van der Waals surface area contributed by atoms with Crippen LogP contribution in [-0.4, -0.2) is 75.8 Å². The summed E-state index contributed by atoms with van der Waals surface area (Å²) in [6.07, 6.45) is 10.8. The summed E-state index contributed by atoms with van der Waals surface area (Å²) in [4.78, 5) is 26.6. The fourth-order valence-corrected chi connectivity index (χ4v) is 8.72. The molecule has 0 saturated carbocycles. The van der Waals surface area contributed by atoms with Gasteiger partial charge in [0, 0.05) is 13.1 Å². The van der Waals surface area contributed by atoms with Crippen molar-refractivity contribution in [2.75, 3.05) is 26.3 Å². The predicted molar refractivity (Wildman–Crippen MR) is 186 cm³/mol. The van der Waals surface area contributed by atoms with Gasteiger partial charge in [-0.1, -0.05) is 59.7 Å². The molecule has 264 valence electrons. The summed E-state index contributed by atoms with van der Waals surface area (Å²) >= 11 is 0. The van der Waals surface area contributed by atoms with Gasteiger partial charge in [0.2, 0.25) is 20.0 Å². The zero-order valence-electron chi connectivity index (χ0n) is 28.5. The lowest BCUT2D eigenvalue weighted by molar-refractivity contribution is -0.148. The molecular weight excluding hydrogens is 653 g/mol. The lowest BCUT2D eigenvalue weighted by Crippen LogP contribution is -2.46. The molecule has 2 aromatic rings. The Hall–Kier alpha value is -3.32. The number of carbonyl (C=O) groups is 2. The number of nitrogens with zero attached hydrogens (tertiary/aromatic N) is 2. The quantitative estimate of drug-likeness (QED) is 0.239. The van der Waals surface area contributed by atoms with Gasteiger partial charge in [-0.25, -0.2) is 16.8 Å². The molecule has 1 heterocycles.